The molecule has 0 atom stereocenters. The molecule has 0 unspecified atom stereocenters. The van der Waals surface area contributed by atoms with Crippen LogP contribution in [-0.2, 0) is 0 Å². The Labute approximate surface area is 102 Å². The first-order chi connectivity index (χ1) is 7.97. The molecule has 0 bridgehead atoms. The van der Waals surface area contributed by atoms with Gasteiger partial charge in [0.25, 0.3) is 0 Å². The van der Waals surface area contributed by atoms with E-state index in [4.69, 9.17) is 4.42 Å². The lowest BCUT2D eigenvalue weighted by molar-refractivity contribution is 0.519. The molecule has 0 spiro atoms. The second kappa shape index (κ2) is 4.25. The molecule has 1 heteroatoms. The van der Waals surface area contributed by atoms with Gasteiger partial charge in [0.05, 0.1) is 6.26 Å². The Morgan fingerprint density at radius 2 is 2.00 bits per heavy atom. The summed E-state index contributed by atoms with van der Waals surface area (Å²) in [6, 6.07) is 8.14. The highest BCUT2D eigenvalue weighted by atomic mass is 16.3. The summed E-state index contributed by atoms with van der Waals surface area (Å²) in [5.74, 6) is 0. The van der Waals surface area contributed by atoms with Crippen molar-refractivity contribution in [1.82, 2.24) is 0 Å². The minimum atomic E-state index is 0.121. The monoisotopic (exact) mass is 226 g/mol. The Morgan fingerprint density at radius 1 is 1.24 bits per heavy atom. The quantitative estimate of drug-likeness (QED) is 0.653. The van der Waals surface area contributed by atoms with E-state index in [9.17, 15) is 0 Å². The van der Waals surface area contributed by atoms with Crippen LogP contribution in [0.2, 0.25) is 0 Å². The van der Waals surface area contributed by atoms with E-state index in [1.54, 1.807) is 6.26 Å². The predicted octanol–water partition coefficient (Wildman–Crippen LogP) is 5.05. The molecule has 2 rings (SSSR count). The third kappa shape index (κ3) is 2.68. The summed E-state index contributed by atoms with van der Waals surface area (Å²) in [5, 5.41) is 1.13. The first-order valence-electron chi connectivity index (χ1n) is 5.81. The average molecular weight is 226 g/mol. The van der Waals surface area contributed by atoms with E-state index >= 15 is 0 Å². The molecule has 88 valence electrons. The van der Waals surface area contributed by atoms with Crippen LogP contribution in [0.1, 0.15) is 26.3 Å². The second-order valence-corrected chi connectivity index (χ2v) is 5.33. The third-order valence-electron chi connectivity index (χ3n) is 2.92. The molecule has 0 aliphatic heterocycles. The molecule has 2 aromatic rings. The van der Waals surface area contributed by atoms with Crippen LogP contribution in [0.3, 0.4) is 0 Å². The maximum Gasteiger partial charge on any atom is 0.133 e. The SMILES string of the molecule is C=C(/C=C/c1ccc2occc2c1)C(C)(C)C. The van der Waals surface area contributed by atoms with E-state index in [1.807, 2.05) is 12.1 Å². The topological polar surface area (TPSA) is 13.1 Å². The number of allylic oxidation sites excluding steroid dienone is 2. The Kier molecular flexibility index (Phi) is 2.93. The van der Waals surface area contributed by atoms with E-state index in [2.05, 4.69) is 51.6 Å². The van der Waals surface area contributed by atoms with Gasteiger partial charge in [0.15, 0.2) is 0 Å². The smallest absolute Gasteiger partial charge is 0.133 e. The molecule has 0 aliphatic rings. The molecule has 1 nitrogen and oxygen atoms in total. The molecule has 1 aromatic heterocycles. The zero-order valence-corrected chi connectivity index (χ0v) is 10.7. The summed E-state index contributed by atoms with van der Waals surface area (Å²) < 4.78 is 5.31. The molecule has 0 saturated carbocycles. The van der Waals surface area contributed by atoms with E-state index in [0.717, 1.165) is 16.5 Å². The van der Waals surface area contributed by atoms with Crippen LogP contribution in [0.4, 0.5) is 0 Å². The van der Waals surface area contributed by atoms with Gasteiger partial charge in [-0.25, -0.2) is 0 Å². The van der Waals surface area contributed by atoms with Crippen molar-refractivity contribution in [3.63, 3.8) is 0 Å². The Hall–Kier alpha value is -1.76. The fraction of sp³-hybridized carbons (Fsp3) is 0.250. The van der Waals surface area contributed by atoms with Crippen LogP contribution in [0.15, 0.2) is 53.2 Å². The van der Waals surface area contributed by atoms with Crippen molar-refractivity contribution < 1.29 is 4.42 Å². The highest BCUT2D eigenvalue weighted by Gasteiger charge is 2.11. The first kappa shape index (κ1) is 11.7. The van der Waals surface area contributed by atoms with Gasteiger partial charge in [0.2, 0.25) is 0 Å². The van der Waals surface area contributed by atoms with Gasteiger partial charge in [-0.05, 0) is 34.8 Å². The number of furan rings is 1. The Morgan fingerprint density at radius 3 is 2.71 bits per heavy atom. The summed E-state index contributed by atoms with van der Waals surface area (Å²) in [5.41, 5.74) is 3.35. The van der Waals surface area contributed by atoms with Gasteiger partial charge >= 0.3 is 0 Å². The zero-order valence-electron chi connectivity index (χ0n) is 10.7. The van der Waals surface area contributed by atoms with Crippen LogP contribution in [0.5, 0.6) is 0 Å². The minimum absolute atomic E-state index is 0.121. The normalized spacial score (nSPS) is 12.4. The van der Waals surface area contributed by atoms with Gasteiger partial charge in [-0.15, -0.1) is 0 Å². The Bertz CT molecular complexity index is 564. The van der Waals surface area contributed by atoms with Gasteiger partial charge in [-0.1, -0.05) is 45.6 Å². The van der Waals surface area contributed by atoms with Crippen molar-refractivity contribution in [2.24, 2.45) is 5.41 Å². The van der Waals surface area contributed by atoms with Gasteiger partial charge in [0, 0.05) is 5.39 Å². The van der Waals surface area contributed by atoms with Gasteiger partial charge in [0.1, 0.15) is 5.58 Å². The van der Waals surface area contributed by atoms with Crippen LogP contribution in [0, 0.1) is 5.41 Å². The molecule has 0 fully saturated rings. The molecular formula is C16H18O. The fourth-order valence-corrected chi connectivity index (χ4v) is 1.54. The average Bonchev–Trinajstić information content (AvgIpc) is 2.71. The second-order valence-electron chi connectivity index (χ2n) is 5.33. The van der Waals surface area contributed by atoms with Crippen molar-refractivity contribution in [3.8, 4) is 0 Å². The van der Waals surface area contributed by atoms with E-state index in [-0.39, 0.29) is 5.41 Å². The summed E-state index contributed by atoms with van der Waals surface area (Å²) >= 11 is 0. The van der Waals surface area contributed by atoms with Gasteiger partial charge in [-0.3, -0.25) is 0 Å². The lowest BCUT2D eigenvalue weighted by Gasteiger charge is -2.18. The van der Waals surface area contributed by atoms with Crippen LogP contribution in [0.25, 0.3) is 17.0 Å². The number of hydrogen-bond acceptors (Lipinski definition) is 1. The van der Waals surface area contributed by atoms with Gasteiger partial charge in [-0.2, -0.15) is 0 Å². The molecule has 17 heavy (non-hydrogen) atoms. The molecule has 1 aromatic carbocycles. The zero-order chi connectivity index (χ0) is 12.5. The molecule has 1 heterocycles. The molecule has 0 radical (unpaired) electrons. The summed E-state index contributed by atoms with van der Waals surface area (Å²) in [6.07, 6.45) is 5.90. The minimum Gasteiger partial charge on any atom is -0.464 e. The van der Waals surface area contributed by atoms with Crippen molar-refractivity contribution >= 4 is 17.0 Å². The first-order valence-corrected chi connectivity index (χ1v) is 5.81. The highest BCUT2D eigenvalue weighted by Crippen LogP contribution is 2.25. The summed E-state index contributed by atoms with van der Waals surface area (Å²) in [6.45, 7) is 10.6. The van der Waals surface area contributed by atoms with Crippen molar-refractivity contribution in [1.29, 1.82) is 0 Å². The largest absolute Gasteiger partial charge is 0.464 e. The number of benzene rings is 1. The van der Waals surface area contributed by atoms with Crippen LogP contribution < -0.4 is 0 Å². The lowest BCUT2D eigenvalue weighted by atomic mass is 9.87. The third-order valence-corrected chi connectivity index (χ3v) is 2.92. The van der Waals surface area contributed by atoms with Crippen molar-refractivity contribution in [2.45, 2.75) is 20.8 Å². The number of fused-ring (bicyclic) bond motifs is 1. The van der Waals surface area contributed by atoms with E-state index < -0.39 is 0 Å². The van der Waals surface area contributed by atoms with Crippen LogP contribution in [-0.4, -0.2) is 0 Å². The number of hydrogen-bond donors (Lipinski definition) is 0. The molecule has 0 aliphatic carbocycles. The lowest BCUT2D eigenvalue weighted by Crippen LogP contribution is -2.05. The standard InChI is InChI=1S/C16H18O/c1-12(16(2,3)4)5-6-13-7-8-15-14(11-13)9-10-17-15/h5-11H,1H2,2-4H3/b6-5+. The molecule has 0 N–H and O–H groups in total. The maximum atomic E-state index is 5.31. The number of rotatable bonds is 2. The fourth-order valence-electron chi connectivity index (χ4n) is 1.54. The van der Waals surface area contributed by atoms with E-state index in [1.165, 1.54) is 5.56 Å². The predicted molar refractivity (Wildman–Crippen MR) is 73.8 cm³/mol. The van der Waals surface area contributed by atoms with Crippen LogP contribution >= 0.6 is 0 Å². The highest BCUT2D eigenvalue weighted by molar-refractivity contribution is 5.80. The van der Waals surface area contributed by atoms with E-state index in [0.29, 0.717) is 0 Å². The molecular weight excluding hydrogens is 208 g/mol. The molecule has 0 saturated heterocycles. The summed E-state index contributed by atoms with van der Waals surface area (Å²) in [7, 11) is 0. The maximum absolute atomic E-state index is 5.31. The molecule has 0 amide bonds. The van der Waals surface area contributed by atoms with Crippen molar-refractivity contribution in [3.05, 3.63) is 54.3 Å². The van der Waals surface area contributed by atoms with Gasteiger partial charge < -0.3 is 4.42 Å². The summed E-state index contributed by atoms with van der Waals surface area (Å²) in [4.78, 5) is 0. The van der Waals surface area contributed by atoms with Crippen molar-refractivity contribution in [2.75, 3.05) is 0 Å². The Balaban J connectivity index is 2.23.